The van der Waals surface area contributed by atoms with Crippen LogP contribution in [-0.4, -0.2) is 46.9 Å². The summed E-state index contributed by atoms with van der Waals surface area (Å²) in [5, 5.41) is 23.8. The van der Waals surface area contributed by atoms with Crippen molar-refractivity contribution in [2.45, 2.75) is 264 Å². The SMILES string of the molecule is CC/C=C\C/C=C\C/C=C\C/C=C\C/C=C\C/C=C\CCC(=O)OC(C/C=C\C/C=C\C/C=C\C/C=C\CCCCC)CC(=O)NC(CO)C(O)CCCCCCCCCCCCCCCCCCC. The van der Waals surface area contributed by atoms with Crippen LogP contribution in [0, 0.1) is 0 Å². The molecule has 0 saturated heterocycles. The van der Waals surface area contributed by atoms with Gasteiger partial charge in [-0.1, -0.05) is 264 Å². The molecule has 0 aromatic rings. The second kappa shape index (κ2) is 56.2. The monoisotopic (exact) mass is 970 g/mol. The normalized spacial score (nSPS) is 14.1. The van der Waals surface area contributed by atoms with Gasteiger partial charge in [-0.15, -0.1) is 0 Å². The van der Waals surface area contributed by atoms with Gasteiger partial charge in [-0.25, -0.2) is 0 Å². The first kappa shape index (κ1) is 66.3. The van der Waals surface area contributed by atoms with Crippen molar-refractivity contribution in [1.29, 1.82) is 0 Å². The second-order valence-electron chi connectivity index (χ2n) is 19.0. The summed E-state index contributed by atoms with van der Waals surface area (Å²) in [4.78, 5) is 26.2. The molecule has 6 heteroatoms. The molecular formula is C64H107NO5. The molecule has 0 spiro atoms. The number of carbonyl (C=O) groups is 2. The molecule has 0 bridgehead atoms. The first-order valence-electron chi connectivity index (χ1n) is 28.8. The Hall–Kier alpha value is -3.74. The maximum atomic E-state index is 13.2. The van der Waals surface area contributed by atoms with E-state index in [1.54, 1.807) is 0 Å². The Kier molecular flexibility index (Phi) is 53.2. The lowest BCUT2D eigenvalue weighted by Crippen LogP contribution is -2.46. The lowest BCUT2D eigenvalue weighted by Gasteiger charge is -2.24. The third-order valence-electron chi connectivity index (χ3n) is 12.3. The van der Waals surface area contributed by atoms with E-state index in [-0.39, 0.29) is 31.3 Å². The van der Waals surface area contributed by atoms with E-state index < -0.39 is 18.2 Å². The summed E-state index contributed by atoms with van der Waals surface area (Å²) in [7, 11) is 0. The standard InChI is InChI=1S/C64H107NO5/c1-4-7-10-13-16-19-22-25-28-30-31-33-36-39-42-45-48-51-54-57-64(69)70-60(55-52-49-46-43-40-37-34-27-24-21-18-15-12-9-6-3)58-63(68)65-61(59-66)62(67)56-53-50-47-44-41-38-35-32-29-26-23-20-17-14-11-8-5-2/h7,10,16,18-19,21,25,27-28,31,33-34,39-40,42-43,48-49,51-52,60-62,66-67H,4-6,8-9,11-15,17,20,22-24,26,29-30,32,35-38,41,44-47,50,53-59H2,1-3H3,(H,65,68)/b10-7-,19-16-,21-18-,28-25-,33-31-,34-27-,42-39-,43-40-,51-48-,52-49-. The summed E-state index contributed by atoms with van der Waals surface area (Å²) in [6.45, 7) is 6.31. The molecule has 0 fully saturated rings. The fraction of sp³-hybridized carbons (Fsp3) is 0.656. The predicted molar refractivity (Wildman–Crippen MR) is 305 cm³/mol. The molecule has 0 aromatic heterocycles. The van der Waals surface area contributed by atoms with Crippen molar-refractivity contribution in [1.82, 2.24) is 5.32 Å². The summed E-state index contributed by atoms with van der Waals surface area (Å²) in [5.41, 5.74) is 0. The van der Waals surface area contributed by atoms with E-state index in [4.69, 9.17) is 4.74 Å². The smallest absolute Gasteiger partial charge is 0.306 e. The van der Waals surface area contributed by atoms with E-state index in [0.717, 1.165) is 83.5 Å². The van der Waals surface area contributed by atoms with Gasteiger partial charge in [0.15, 0.2) is 0 Å². The van der Waals surface area contributed by atoms with E-state index in [9.17, 15) is 19.8 Å². The van der Waals surface area contributed by atoms with Gasteiger partial charge in [0.1, 0.15) is 6.10 Å². The Morgan fingerprint density at radius 2 is 0.800 bits per heavy atom. The number of unbranched alkanes of at least 4 members (excludes halogenated alkanes) is 19. The Morgan fingerprint density at radius 3 is 1.21 bits per heavy atom. The summed E-state index contributed by atoms with van der Waals surface area (Å²) in [6, 6.07) is -0.755. The molecule has 0 heterocycles. The third kappa shape index (κ3) is 50.6. The molecule has 1 amide bonds. The summed E-state index contributed by atoms with van der Waals surface area (Å²) < 4.78 is 5.85. The molecule has 6 nitrogen and oxygen atoms in total. The van der Waals surface area contributed by atoms with Crippen molar-refractivity contribution in [3.8, 4) is 0 Å². The number of amides is 1. The Labute approximate surface area is 431 Å². The van der Waals surface area contributed by atoms with Crippen LogP contribution in [0.25, 0.3) is 0 Å². The Bertz CT molecular complexity index is 1460. The average molecular weight is 971 g/mol. The van der Waals surface area contributed by atoms with E-state index in [1.165, 1.54) is 109 Å². The average Bonchev–Trinajstić information content (AvgIpc) is 3.35. The van der Waals surface area contributed by atoms with Gasteiger partial charge in [0.25, 0.3) is 0 Å². The molecule has 0 radical (unpaired) electrons. The molecule has 3 atom stereocenters. The number of aliphatic hydroxyl groups excluding tert-OH is 2. The van der Waals surface area contributed by atoms with Crippen LogP contribution in [0.1, 0.15) is 245 Å². The predicted octanol–water partition coefficient (Wildman–Crippen LogP) is 18.0. The van der Waals surface area contributed by atoms with Crippen molar-refractivity contribution in [2.75, 3.05) is 6.61 Å². The third-order valence-corrected chi connectivity index (χ3v) is 12.3. The molecule has 3 N–H and O–H groups in total. The zero-order valence-corrected chi connectivity index (χ0v) is 45.4. The molecule has 0 aliphatic carbocycles. The highest BCUT2D eigenvalue weighted by Crippen LogP contribution is 2.16. The van der Waals surface area contributed by atoms with E-state index >= 15 is 0 Å². The molecule has 0 aromatic carbocycles. The molecule has 3 unspecified atom stereocenters. The van der Waals surface area contributed by atoms with Crippen LogP contribution in [0.5, 0.6) is 0 Å². The Morgan fingerprint density at radius 1 is 0.443 bits per heavy atom. The van der Waals surface area contributed by atoms with Gasteiger partial charge in [0.2, 0.25) is 5.91 Å². The van der Waals surface area contributed by atoms with Crippen LogP contribution in [0.15, 0.2) is 122 Å². The minimum absolute atomic E-state index is 0.0357. The van der Waals surface area contributed by atoms with E-state index in [2.05, 4.69) is 129 Å². The summed E-state index contributed by atoms with van der Waals surface area (Å²) >= 11 is 0. The highest BCUT2D eigenvalue weighted by molar-refractivity contribution is 5.77. The van der Waals surface area contributed by atoms with Crippen LogP contribution in [0.2, 0.25) is 0 Å². The highest BCUT2D eigenvalue weighted by Gasteiger charge is 2.23. The maximum absolute atomic E-state index is 13.2. The molecule has 0 saturated carbocycles. The minimum atomic E-state index is -0.832. The number of carbonyl (C=O) groups excluding carboxylic acids is 2. The van der Waals surface area contributed by atoms with Crippen LogP contribution >= 0.6 is 0 Å². The van der Waals surface area contributed by atoms with Crippen LogP contribution in [-0.2, 0) is 14.3 Å². The van der Waals surface area contributed by atoms with E-state index in [0.29, 0.717) is 19.3 Å². The van der Waals surface area contributed by atoms with Crippen molar-refractivity contribution in [3.63, 3.8) is 0 Å². The molecule has 70 heavy (non-hydrogen) atoms. The van der Waals surface area contributed by atoms with Gasteiger partial charge in [-0.3, -0.25) is 9.59 Å². The number of aliphatic hydroxyl groups is 2. The van der Waals surface area contributed by atoms with Gasteiger partial charge in [0, 0.05) is 12.8 Å². The molecular weight excluding hydrogens is 863 g/mol. The molecule has 0 aliphatic heterocycles. The number of hydrogen-bond donors (Lipinski definition) is 3. The fourth-order valence-electron chi connectivity index (χ4n) is 7.97. The first-order chi connectivity index (χ1) is 34.5. The van der Waals surface area contributed by atoms with Gasteiger partial charge in [-0.05, 0) is 83.5 Å². The van der Waals surface area contributed by atoms with Crippen molar-refractivity contribution in [3.05, 3.63) is 122 Å². The van der Waals surface area contributed by atoms with Crippen molar-refractivity contribution < 1.29 is 24.5 Å². The lowest BCUT2D eigenvalue weighted by atomic mass is 10.0. The van der Waals surface area contributed by atoms with Crippen molar-refractivity contribution >= 4 is 11.9 Å². The molecule has 0 rings (SSSR count). The lowest BCUT2D eigenvalue weighted by molar-refractivity contribution is -0.150. The number of nitrogens with one attached hydrogen (secondary N) is 1. The number of hydrogen-bond acceptors (Lipinski definition) is 5. The molecule has 0 aliphatic rings. The van der Waals surface area contributed by atoms with Gasteiger partial charge < -0.3 is 20.3 Å². The second-order valence-corrected chi connectivity index (χ2v) is 19.0. The number of allylic oxidation sites excluding steroid dienone is 19. The van der Waals surface area contributed by atoms with Crippen LogP contribution < -0.4 is 5.32 Å². The first-order valence-corrected chi connectivity index (χ1v) is 28.8. The van der Waals surface area contributed by atoms with Gasteiger partial charge in [0.05, 0.1) is 25.2 Å². The largest absolute Gasteiger partial charge is 0.461 e. The Balaban J connectivity index is 4.78. The van der Waals surface area contributed by atoms with Gasteiger partial charge >= 0.3 is 5.97 Å². The number of ether oxygens (including phenoxy) is 1. The summed E-state index contributed by atoms with van der Waals surface area (Å²) in [5.74, 6) is -0.683. The molecule has 398 valence electrons. The topological polar surface area (TPSA) is 95.9 Å². The van der Waals surface area contributed by atoms with Gasteiger partial charge in [-0.2, -0.15) is 0 Å². The summed E-state index contributed by atoms with van der Waals surface area (Å²) in [6.07, 6.45) is 78.6. The highest BCUT2D eigenvalue weighted by atomic mass is 16.5. The maximum Gasteiger partial charge on any atom is 0.306 e. The van der Waals surface area contributed by atoms with Crippen molar-refractivity contribution in [2.24, 2.45) is 0 Å². The minimum Gasteiger partial charge on any atom is -0.461 e. The number of rotatable bonds is 50. The number of esters is 1. The fourth-order valence-corrected chi connectivity index (χ4v) is 7.97. The van der Waals surface area contributed by atoms with E-state index in [1.807, 2.05) is 18.2 Å². The zero-order chi connectivity index (χ0) is 50.9. The van der Waals surface area contributed by atoms with Crippen LogP contribution in [0.3, 0.4) is 0 Å². The zero-order valence-electron chi connectivity index (χ0n) is 45.4. The van der Waals surface area contributed by atoms with Crippen LogP contribution in [0.4, 0.5) is 0 Å². The quantitative estimate of drug-likeness (QED) is 0.0321.